The molecule has 1 saturated heterocycles. The summed E-state index contributed by atoms with van der Waals surface area (Å²) < 4.78 is 0. The van der Waals surface area contributed by atoms with Crippen LogP contribution in [0, 0.1) is 26.7 Å². The molecule has 1 amide bonds. The van der Waals surface area contributed by atoms with E-state index in [0.29, 0.717) is 5.91 Å². The molecule has 0 atom stereocenters. The third-order valence-electron chi connectivity index (χ3n) is 5.99. The Morgan fingerprint density at radius 1 is 1.04 bits per heavy atom. The topological polar surface area (TPSA) is 49.3 Å². The molecule has 0 bridgehead atoms. The number of carbonyl (C=O) groups is 1. The number of rotatable bonds is 3. The Morgan fingerprint density at radius 3 is 2.41 bits per heavy atom. The fourth-order valence-corrected chi connectivity index (χ4v) is 3.89. The van der Waals surface area contributed by atoms with Gasteiger partial charge in [-0.2, -0.15) is 0 Å². The smallest absolute Gasteiger partial charge is 0.225 e. The first-order valence-electron chi connectivity index (χ1n) is 9.99. The number of piperazine rings is 1. The van der Waals surface area contributed by atoms with Crippen LogP contribution in [0.4, 0.5) is 5.82 Å². The molecule has 0 spiro atoms. The number of carbonyl (C=O) groups excluding carboxylic acids is 1. The number of aryl methyl sites for hydroxylation is 2. The van der Waals surface area contributed by atoms with Crippen LogP contribution < -0.4 is 4.90 Å². The Bertz CT molecular complexity index is 851. The highest BCUT2D eigenvalue weighted by molar-refractivity contribution is 5.80. The van der Waals surface area contributed by atoms with E-state index >= 15 is 0 Å². The predicted molar refractivity (Wildman–Crippen MR) is 108 cm³/mol. The molecule has 1 aromatic carbocycles. The first-order valence-corrected chi connectivity index (χ1v) is 9.99. The zero-order valence-corrected chi connectivity index (χ0v) is 16.5. The lowest BCUT2D eigenvalue weighted by molar-refractivity contribution is -0.138. The molecule has 1 aliphatic heterocycles. The second-order valence-corrected chi connectivity index (χ2v) is 7.89. The van der Waals surface area contributed by atoms with Crippen molar-refractivity contribution in [1.29, 1.82) is 0 Å². The quantitative estimate of drug-likeness (QED) is 0.836. The van der Waals surface area contributed by atoms with Crippen molar-refractivity contribution >= 4 is 11.7 Å². The summed E-state index contributed by atoms with van der Waals surface area (Å²) in [4.78, 5) is 26.5. The van der Waals surface area contributed by atoms with Gasteiger partial charge in [0, 0.05) is 48.9 Å². The third-order valence-corrected chi connectivity index (χ3v) is 5.99. The van der Waals surface area contributed by atoms with E-state index in [2.05, 4.69) is 43.9 Å². The minimum absolute atomic E-state index is 0.285. The van der Waals surface area contributed by atoms with Crippen LogP contribution in [0.2, 0.25) is 0 Å². The van der Waals surface area contributed by atoms with Crippen LogP contribution >= 0.6 is 0 Å². The largest absolute Gasteiger partial charge is 0.353 e. The lowest BCUT2D eigenvalue weighted by Crippen LogP contribution is -2.51. The maximum absolute atomic E-state index is 12.5. The van der Waals surface area contributed by atoms with Gasteiger partial charge in [-0.25, -0.2) is 9.97 Å². The van der Waals surface area contributed by atoms with E-state index in [-0.39, 0.29) is 5.92 Å². The number of hydrogen-bond donors (Lipinski definition) is 0. The highest BCUT2D eigenvalue weighted by Crippen LogP contribution is 2.30. The molecule has 1 aromatic heterocycles. The monoisotopic (exact) mass is 364 g/mol. The molecule has 0 unspecified atom stereocenters. The Balaban J connectivity index is 1.54. The number of nitrogens with zero attached hydrogens (tertiary/aromatic N) is 4. The van der Waals surface area contributed by atoms with Gasteiger partial charge < -0.3 is 9.80 Å². The van der Waals surface area contributed by atoms with Gasteiger partial charge >= 0.3 is 0 Å². The fourth-order valence-electron chi connectivity index (χ4n) is 3.89. The van der Waals surface area contributed by atoms with E-state index in [1.165, 1.54) is 12.0 Å². The highest BCUT2D eigenvalue weighted by Gasteiger charge is 2.31. The maximum atomic E-state index is 12.5. The molecule has 27 heavy (non-hydrogen) atoms. The normalized spacial score (nSPS) is 17.7. The van der Waals surface area contributed by atoms with Gasteiger partial charge in [0.2, 0.25) is 5.91 Å². The van der Waals surface area contributed by atoms with Crippen LogP contribution in [-0.2, 0) is 4.79 Å². The second kappa shape index (κ2) is 7.29. The van der Waals surface area contributed by atoms with Gasteiger partial charge in [0.1, 0.15) is 5.82 Å². The molecular formula is C22H28N4O. The van der Waals surface area contributed by atoms with Crippen LogP contribution in [-0.4, -0.2) is 47.0 Å². The third kappa shape index (κ3) is 3.55. The van der Waals surface area contributed by atoms with Crippen LogP contribution in [0.15, 0.2) is 24.3 Å². The molecule has 1 aliphatic carbocycles. The Kier molecular flexibility index (Phi) is 4.85. The minimum atomic E-state index is 0.285. The molecule has 4 rings (SSSR count). The number of benzene rings is 1. The first-order chi connectivity index (χ1) is 13.0. The van der Waals surface area contributed by atoms with Gasteiger partial charge in [0.15, 0.2) is 5.82 Å². The van der Waals surface area contributed by atoms with Gasteiger partial charge in [-0.3, -0.25) is 4.79 Å². The second-order valence-electron chi connectivity index (χ2n) is 7.89. The SMILES string of the molecule is Cc1cccc(-c2nc(C)c(C)c(N3CCN(C(=O)C4CCC4)CC3)n2)c1. The van der Waals surface area contributed by atoms with Gasteiger partial charge in [0.05, 0.1) is 0 Å². The lowest BCUT2D eigenvalue weighted by atomic mass is 9.84. The summed E-state index contributed by atoms with van der Waals surface area (Å²) in [6.45, 7) is 9.48. The molecular weight excluding hydrogens is 336 g/mol. The van der Waals surface area contributed by atoms with Crippen molar-refractivity contribution in [2.75, 3.05) is 31.1 Å². The van der Waals surface area contributed by atoms with Gasteiger partial charge in [0.25, 0.3) is 0 Å². The number of anilines is 1. The highest BCUT2D eigenvalue weighted by atomic mass is 16.2. The summed E-state index contributed by atoms with van der Waals surface area (Å²) >= 11 is 0. The molecule has 5 heteroatoms. The van der Waals surface area contributed by atoms with E-state index in [4.69, 9.17) is 9.97 Å². The number of aromatic nitrogens is 2. The molecule has 1 saturated carbocycles. The minimum Gasteiger partial charge on any atom is -0.353 e. The molecule has 2 fully saturated rings. The van der Waals surface area contributed by atoms with Gasteiger partial charge in [-0.15, -0.1) is 0 Å². The summed E-state index contributed by atoms with van der Waals surface area (Å²) in [5.41, 5.74) is 4.41. The average Bonchev–Trinajstić information content (AvgIpc) is 2.62. The zero-order valence-electron chi connectivity index (χ0n) is 16.5. The van der Waals surface area contributed by atoms with Crippen molar-refractivity contribution in [3.05, 3.63) is 41.1 Å². The van der Waals surface area contributed by atoms with Gasteiger partial charge in [-0.1, -0.05) is 30.2 Å². The van der Waals surface area contributed by atoms with E-state index in [1.54, 1.807) is 0 Å². The van der Waals surface area contributed by atoms with Crippen molar-refractivity contribution in [2.45, 2.75) is 40.0 Å². The molecule has 2 heterocycles. The average molecular weight is 364 g/mol. The van der Waals surface area contributed by atoms with Crippen molar-refractivity contribution in [3.63, 3.8) is 0 Å². The van der Waals surface area contributed by atoms with Crippen LogP contribution in [0.25, 0.3) is 11.4 Å². The van der Waals surface area contributed by atoms with Crippen molar-refractivity contribution in [1.82, 2.24) is 14.9 Å². The predicted octanol–water partition coefficient (Wildman–Crippen LogP) is 3.52. The van der Waals surface area contributed by atoms with Gasteiger partial charge in [-0.05, 0) is 39.7 Å². The summed E-state index contributed by atoms with van der Waals surface area (Å²) in [7, 11) is 0. The van der Waals surface area contributed by atoms with Crippen molar-refractivity contribution in [2.24, 2.45) is 5.92 Å². The van der Waals surface area contributed by atoms with Crippen LogP contribution in [0.1, 0.15) is 36.1 Å². The van der Waals surface area contributed by atoms with Crippen LogP contribution in [0.5, 0.6) is 0 Å². The van der Waals surface area contributed by atoms with Crippen molar-refractivity contribution in [3.8, 4) is 11.4 Å². The summed E-state index contributed by atoms with van der Waals surface area (Å²) in [6.07, 6.45) is 3.35. The van der Waals surface area contributed by atoms with Crippen LogP contribution in [0.3, 0.4) is 0 Å². The van der Waals surface area contributed by atoms with E-state index in [9.17, 15) is 4.79 Å². The summed E-state index contributed by atoms with van der Waals surface area (Å²) in [5.74, 6) is 2.43. The molecule has 0 radical (unpaired) electrons. The number of hydrogen-bond acceptors (Lipinski definition) is 4. The van der Waals surface area contributed by atoms with E-state index in [0.717, 1.165) is 67.5 Å². The molecule has 2 aromatic rings. The Labute approximate surface area is 161 Å². The molecule has 142 valence electrons. The molecule has 5 nitrogen and oxygen atoms in total. The van der Waals surface area contributed by atoms with E-state index in [1.807, 2.05) is 11.0 Å². The zero-order chi connectivity index (χ0) is 19.0. The Morgan fingerprint density at radius 2 is 1.78 bits per heavy atom. The molecule has 0 N–H and O–H groups in total. The Hall–Kier alpha value is -2.43. The summed E-state index contributed by atoms with van der Waals surface area (Å²) in [5, 5.41) is 0. The summed E-state index contributed by atoms with van der Waals surface area (Å²) in [6, 6.07) is 8.33. The first kappa shape index (κ1) is 18.0. The van der Waals surface area contributed by atoms with Crippen molar-refractivity contribution < 1.29 is 4.79 Å². The fraction of sp³-hybridized carbons (Fsp3) is 0.500. The molecule has 2 aliphatic rings. The standard InChI is InChI=1S/C22H28N4O/c1-15-6-4-9-19(14-15)20-23-17(3)16(2)21(24-20)25-10-12-26(13-11-25)22(27)18-7-5-8-18/h4,6,9,14,18H,5,7-8,10-13H2,1-3H3. The number of amides is 1. The maximum Gasteiger partial charge on any atom is 0.225 e. The lowest BCUT2D eigenvalue weighted by Gasteiger charge is -2.39. The van der Waals surface area contributed by atoms with E-state index < -0.39 is 0 Å².